The number of amides is 1. The summed E-state index contributed by atoms with van der Waals surface area (Å²) >= 11 is 0. The lowest BCUT2D eigenvalue weighted by Gasteiger charge is -2.34. The van der Waals surface area contributed by atoms with E-state index in [1.807, 2.05) is 36.1 Å². The molecule has 1 aromatic heterocycles. The Labute approximate surface area is 165 Å². The topological polar surface area (TPSA) is 48.6 Å². The van der Waals surface area contributed by atoms with Crippen LogP contribution in [-0.4, -0.2) is 60.0 Å². The van der Waals surface area contributed by atoms with Crippen LogP contribution in [0.5, 0.6) is 5.75 Å². The molecular formula is C23H27N3O2. The summed E-state index contributed by atoms with van der Waals surface area (Å²) in [5.41, 5.74) is 3.74. The number of rotatable bonds is 6. The number of aryl methyl sites for hydroxylation is 1. The van der Waals surface area contributed by atoms with E-state index in [1.165, 1.54) is 22.0 Å². The Morgan fingerprint density at radius 2 is 1.79 bits per heavy atom. The highest BCUT2D eigenvalue weighted by molar-refractivity contribution is 5.83. The molecule has 3 aromatic rings. The van der Waals surface area contributed by atoms with Crippen LogP contribution in [0.25, 0.3) is 10.9 Å². The number of carbonyl (C=O) groups is 1. The first-order chi connectivity index (χ1) is 13.7. The van der Waals surface area contributed by atoms with Gasteiger partial charge in [-0.15, -0.1) is 0 Å². The van der Waals surface area contributed by atoms with Crippen molar-refractivity contribution in [3.8, 4) is 5.75 Å². The summed E-state index contributed by atoms with van der Waals surface area (Å²) in [4.78, 5) is 20.1. The van der Waals surface area contributed by atoms with E-state index in [-0.39, 0.29) is 12.5 Å². The number of nitrogens with zero attached hydrogens (tertiary/aromatic N) is 2. The molecule has 0 aliphatic carbocycles. The monoisotopic (exact) mass is 377 g/mol. The molecule has 0 atom stereocenters. The van der Waals surface area contributed by atoms with Crippen molar-refractivity contribution >= 4 is 16.8 Å². The van der Waals surface area contributed by atoms with E-state index in [2.05, 4.69) is 40.3 Å². The fourth-order valence-corrected chi connectivity index (χ4v) is 3.71. The van der Waals surface area contributed by atoms with Gasteiger partial charge in [-0.1, -0.05) is 35.9 Å². The molecule has 1 N–H and O–H groups in total. The number of nitrogens with one attached hydrogen (secondary N) is 1. The van der Waals surface area contributed by atoms with Crippen molar-refractivity contribution in [3.63, 3.8) is 0 Å². The summed E-state index contributed by atoms with van der Waals surface area (Å²) in [5, 5.41) is 1.31. The van der Waals surface area contributed by atoms with Gasteiger partial charge in [-0.3, -0.25) is 9.69 Å². The molecule has 1 fully saturated rings. The van der Waals surface area contributed by atoms with Crippen LogP contribution in [0.15, 0.2) is 54.7 Å². The number of hydrogen-bond donors (Lipinski definition) is 1. The zero-order valence-electron chi connectivity index (χ0n) is 16.4. The number of fused-ring (bicyclic) bond motifs is 1. The van der Waals surface area contributed by atoms with Crippen molar-refractivity contribution in [1.82, 2.24) is 14.8 Å². The second-order valence-corrected chi connectivity index (χ2v) is 7.43. The molecule has 0 bridgehead atoms. The molecule has 5 heteroatoms. The Hall–Kier alpha value is -2.79. The Balaban J connectivity index is 1.22. The van der Waals surface area contributed by atoms with E-state index >= 15 is 0 Å². The minimum atomic E-state index is 0.0665. The zero-order valence-corrected chi connectivity index (χ0v) is 16.4. The summed E-state index contributed by atoms with van der Waals surface area (Å²) in [6.07, 6.45) is 3.14. The maximum atomic E-state index is 12.4. The van der Waals surface area contributed by atoms with Gasteiger partial charge >= 0.3 is 0 Å². The predicted octanol–water partition coefficient (Wildman–Crippen LogP) is 3.24. The number of aromatic nitrogens is 1. The number of carbonyl (C=O) groups excluding carboxylic acids is 1. The molecular weight excluding hydrogens is 350 g/mol. The van der Waals surface area contributed by atoms with Crippen molar-refractivity contribution in [2.75, 3.05) is 39.3 Å². The molecule has 5 nitrogen and oxygen atoms in total. The first-order valence-electron chi connectivity index (χ1n) is 9.93. The van der Waals surface area contributed by atoms with E-state index in [4.69, 9.17) is 4.74 Å². The lowest BCUT2D eigenvalue weighted by molar-refractivity contribution is -0.135. The highest BCUT2D eigenvalue weighted by Crippen LogP contribution is 2.18. The normalized spacial score (nSPS) is 15.1. The Bertz CT molecular complexity index is 924. The largest absolute Gasteiger partial charge is 0.484 e. The van der Waals surface area contributed by atoms with Crippen LogP contribution in [0.2, 0.25) is 0 Å². The van der Waals surface area contributed by atoms with E-state index in [0.29, 0.717) is 0 Å². The smallest absolute Gasteiger partial charge is 0.260 e. The van der Waals surface area contributed by atoms with Crippen molar-refractivity contribution in [1.29, 1.82) is 0 Å². The maximum Gasteiger partial charge on any atom is 0.260 e. The van der Waals surface area contributed by atoms with Crippen molar-refractivity contribution < 1.29 is 9.53 Å². The third-order valence-electron chi connectivity index (χ3n) is 5.48. The number of piperazine rings is 1. The molecule has 0 radical (unpaired) electrons. The molecule has 4 rings (SSSR count). The van der Waals surface area contributed by atoms with Gasteiger partial charge < -0.3 is 14.6 Å². The summed E-state index contributed by atoms with van der Waals surface area (Å²) < 4.78 is 5.63. The summed E-state index contributed by atoms with van der Waals surface area (Å²) in [6, 6.07) is 16.2. The van der Waals surface area contributed by atoms with E-state index < -0.39 is 0 Å². The number of hydrogen-bond acceptors (Lipinski definition) is 3. The molecule has 1 amide bonds. The first kappa shape index (κ1) is 18.6. The minimum absolute atomic E-state index is 0.0665. The van der Waals surface area contributed by atoms with Crippen LogP contribution >= 0.6 is 0 Å². The van der Waals surface area contributed by atoms with Crippen LogP contribution < -0.4 is 4.74 Å². The fourth-order valence-electron chi connectivity index (χ4n) is 3.71. The number of benzene rings is 2. The molecule has 2 aromatic carbocycles. The molecule has 2 heterocycles. The van der Waals surface area contributed by atoms with Crippen molar-refractivity contribution in [2.24, 2.45) is 0 Å². The molecule has 1 aliphatic heterocycles. The second-order valence-electron chi connectivity index (χ2n) is 7.43. The minimum Gasteiger partial charge on any atom is -0.484 e. The van der Waals surface area contributed by atoms with E-state index in [9.17, 15) is 4.79 Å². The molecule has 0 saturated carbocycles. The average Bonchev–Trinajstić information content (AvgIpc) is 3.15. The SMILES string of the molecule is Cc1ccc(OCC(=O)N2CCN(CCc3c[nH]c4ccccc34)CC2)cc1. The van der Waals surface area contributed by atoms with Gasteiger partial charge in [0.1, 0.15) is 5.75 Å². The van der Waals surface area contributed by atoms with Gasteiger partial charge in [0.25, 0.3) is 5.91 Å². The van der Waals surface area contributed by atoms with E-state index in [1.54, 1.807) is 0 Å². The molecule has 1 saturated heterocycles. The molecule has 1 aliphatic rings. The van der Waals surface area contributed by atoms with Crippen molar-refractivity contribution in [3.05, 3.63) is 65.9 Å². The summed E-state index contributed by atoms with van der Waals surface area (Å²) in [6.45, 7) is 6.53. The van der Waals surface area contributed by atoms with Crippen LogP contribution in [-0.2, 0) is 11.2 Å². The molecule has 28 heavy (non-hydrogen) atoms. The maximum absolute atomic E-state index is 12.4. The lowest BCUT2D eigenvalue weighted by atomic mass is 10.1. The second kappa shape index (κ2) is 8.48. The van der Waals surface area contributed by atoms with Crippen molar-refractivity contribution in [2.45, 2.75) is 13.3 Å². The van der Waals surface area contributed by atoms with Crippen LogP contribution in [0.4, 0.5) is 0 Å². The highest BCUT2D eigenvalue weighted by Gasteiger charge is 2.21. The van der Waals surface area contributed by atoms with Gasteiger partial charge in [0.15, 0.2) is 6.61 Å². The standard InChI is InChI=1S/C23H27N3O2/c1-18-6-8-20(9-7-18)28-17-23(27)26-14-12-25(13-15-26)11-10-19-16-24-22-5-3-2-4-21(19)22/h2-9,16,24H,10-15,17H2,1H3. The summed E-state index contributed by atoms with van der Waals surface area (Å²) in [5.74, 6) is 0.813. The molecule has 146 valence electrons. The fraction of sp³-hybridized carbons (Fsp3) is 0.348. The Kier molecular flexibility index (Phi) is 5.63. The van der Waals surface area contributed by atoms with Gasteiger partial charge in [0, 0.05) is 49.8 Å². The van der Waals surface area contributed by atoms with Gasteiger partial charge in [-0.25, -0.2) is 0 Å². The van der Waals surface area contributed by atoms with Crippen LogP contribution in [0, 0.1) is 6.92 Å². The number of H-pyrrole nitrogens is 1. The predicted molar refractivity (Wildman–Crippen MR) is 112 cm³/mol. The highest BCUT2D eigenvalue weighted by atomic mass is 16.5. The zero-order chi connectivity index (χ0) is 19.3. The third kappa shape index (κ3) is 4.37. The van der Waals surface area contributed by atoms with Gasteiger partial charge in [-0.2, -0.15) is 0 Å². The first-order valence-corrected chi connectivity index (χ1v) is 9.93. The summed E-state index contributed by atoms with van der Waals surface area (Å²) in [7, 11) is 0. The van der Waals surface area contributed by atoms with Gasteiger partial charge in [-0.05, 0) is 37.1 Å². The Morgan fingerprint density at radius 3 is 2.57 bits per heavy atom. The van der Waals surface area contributed by atoms with Crippen LogP contribution in [0.1, 0.15) is 11.1 Å². The molecule has 0 unspecified atom stereocenters. The lowest BCUT2D eigenvalue weighted by Crippen LogP contribution is -2.50. The number of aromatic amines is 1. The van der Waals surface area contributed by atoms with Crippen LogP contribution in [0.3, 0.4) is 0 Å². The molecule has 0 spiro atoms. The number of ether oxygens (including phenoxy) is 1. The Morgan fingerprint density at radius 1 is 1.04 bits per heavy atom. The number of para-hydroxylation sites is 1. The average molecular weight is 377 g/mol. The van der Waals surface area contributed by atoms with E-state index in [0.717, 1.165) is 44.9 Å². The quantitative estimate of drug-likeness (QED) is 0.717. The third-order valence-corrected chi connectivity index (χ3v) is 5.48. The van der Waals surface area contributed by atoms with Gasteiger partial charge in [0.2, 0.25) is 0 Å². The van der Waals surface area contributed by atoms with Gasteiger partial charge in [0.05, 0.1) is 0 Å².